The van der Waals surface area contributed by atoms with Gasteiger partial charge in [-0.3, -0.25) is 9.59 Å². The van der Waals surface area contributed by atoms with Crippen molar-refractivity contribution in [3.05, 3.63) is 11.1 Å². The minimum atomic E-state index is -0.850. The molecular weight excluding hydrogens is 180 g/mol. The predicted molar refractivity (Wildman–Crippen MR) is 52.9 cm³/mol. The Morgan fingerprint density at radius 2 is 1.57 bits per heavy atom. The van der Waals surface area contributed by atoms with E-state index >= 15 is 0 Å². The van der Waals surface area contributed by atoms with E-state index in [9.17, 15) is 9.59 Å². The van der Waals surface area contributed by atoms with Crippen LogP contribution in [-0.4, -0.2) is 16.9 Å². The minimum Gasteiger partial charge on any atom is -0.481 e. The maximum atomic E-state index is 11.3. The Morgan fingerprint density at radius 1 is 1.14 bits per heavy atom. The van der Waals surface area contributed by atoms with Gasteiger partial charge >= 0.3 is 5.97 Å². The average molecular weight is 196 g/mol. The molecule has 0 bridgehead atoms. The number of carboxylic acids is 1. The van der Waals surface area contributed by atoms with E-state index in [-0.39, 0.29) is 11.7 Å². The Hall–Kier alpha value is -1.12. The maximum Gasteiger partial charge on any atom is 0.307 e. The summed E-state index contributed by atoms with van der Waals surface area (Å²) in [7, 11) is 0. The van der Waals surface area contributed by atoms with Crippen LogP contribution in [0.2, 0.25) is 0 Å². The van der Waals surface area contributed by atoms with Gasteiger partial charge in [0.05, 0.1) is 5.92 Å². The van der Waals surface area contributed by atoms with Crippen LogP contribution in [0.4, 0.5) is 0 Å². The van der Waals surface area contributed by atoms with E-state index < -0.39 is 11.9 Å². The number of aliphatic carboxylic acids is 1. The average Bonchev–Trinajstić information content (AvgIpc) is 2.08. The molecule has 14 heavy (non-hydrogen) atoms. The van der Waals surface area contributed by atoms with Crippen molar-refractivity contribution in [3.63, 3.8) is 0 Å². The highest BCUT2D eigenvalue weighted by molar-refractivity contribution is 5.85. The van der Waals surface area contributed by atoms with Crippen LogP contribution in [0.3, 0.4) is 0 Å². The topological polar surface area (TPSA) is 54.4 Å². The highest BCUT2D eigenvalue weighted by Gasteiger charge is 2.35. The second kappa shape index (κ2) is 3.95. The van der Waals surface area contributed by atoms with Crippen LogP contribution in [0.1, 0.15) is 33.6 Å². The Labute approximate surface area is 83.8 Å². The zero-order valence-corrected chi connectivity index (χ0v) is 8.83. The normalized spacial score (nSPS) is 27.6. The lowest BCUT2D eigenvalue weighted by atomic mass is 9.75. The number of hydrogen-bond donors (Lipinski definition) is 1. The van der Waals surface area contributed by atoms with E-state index in [1.165, 1.54) is 12.5 Å². The van der Waals surface area contributed by atoms with E-state index in [0.717, 1.165) is 5.57 Å². The standard InChI is InChI=1S/C11H16O3/c1-6-4-9(8(3)12)10(11(13)14)5-7(6)2/h9-10H,4-5H2,1-3H3,(H,13,14). The highest BCUT2D eigenvalue weighted by atomic mass is 16.4. The molecule has 1 aliphatic carbocycles. The number of carbonyl (C=O) groups is 2. The Balaban J connectivity index is 2.95. The number of Topliss-reactive ketones (excluding diaryl/α,β-unsaturated/α-hetero) is 1. The lowest BCUT2D eigenvalue weighted by Gasteiger charge is -2.28. The number of rotatable bonds is 2. The molecule has 0 fully saturated rings. The molecule has 2 unspecified atom stereocenters. The van der Waals surface area contributed by atoms with Crippen LogP contribution in [-0.2, 0) is 9.59 Å². The number of hydrogen-bond acceptors (Lipinski definition) is 2. The number of carboxylic acid groups (broad SMARTS) is 1. The number of carbonyl (C=O) groups excluding carboxylic acids is 1. The van der Waals surface area contributed by atoms with Gasteiger partial charge in [-0.2, -0.15) is 0 Å². The fourth-order valence-electron chi connectivity index (χ4n) is 1.98. The van der Waals surface area contributed by atoms with Crippen LogP contribution in [0, 0.1) is 11.8 Å². The molecule has 0 radical (unpaired) electrons. The third-order valence-corrected chi connectivity index (χ3v) is 3.11. The van der Waals surface area contributed by atoms with Crippen molar-refractivity contribution in [2.75, 3.05) is 0 Å². The van der Waals surface area contributed by atoms with Gasteiger partial charge in [-0.25, -0.2) is 0 Å². The molecule has 1 rings (SSSR count). The van der Waals surface area contributed by atoms with Gasteiger partial charge in [-0.1, -0.05) is 11.1 Å². The summed E-state index contributed by atoms with van der Waals surface area (Å²) in [5.74, 6) is -1.70. The van der Waals surface area contributed by atoms with Gasteiger partial charge in [-0.05, 0) is 33.6 Å². The molecule has 0 aromatic rings. The summed E-state index contributed by atoms with van der Waals surface area (Å²) < 4.78 is 0. The van der Waals surface area contributed by atoms with Crippen LogP contribution in [0.5, 0.6) is 0 Å². The molecule has 0 aromatic carbocycles. The first kappa shape index (κ1) is 11.0. The molecule has 0 aliphatic heterocycles. The fourth-order valence-corrected chi connectivity index (χ4v) is 1.98. The van der Waals surface area contributed by atoms with Crippen molar-refractivity contribution >= 4 is 11.8 Å². The van der Waals surface area contributed by atoms with Crippen molar-refractivity contribution in [2.24, 2.45) is 11.8 Å². The summed E-state index contributed by atoms with van der Waals surface area (Å²) in [5.41, 5.74) is 2.29. The van der Waals surface area contributed by atoms with Gasteiger partial charge in [-0.15, -0.1) is 0 Å². The summed E-state index contributed by atoms with van der Waals surface area (Å²) in [4.78, 5) is 22.2. The van der Waals surface area contributed by atoms with Crippen LogP contribution in [0.15, 0.2) is 11.1 Å². The van der Waals surface area contributed by atoms with Gasteiger partial charge in [0.25, 0.3) is 0 Å². The maximum absolute atomic E-state index is 11.3. The van der Waals surface area contributed by atoms with Crippen molar-refractivity contribution in [1.29, 1.82) is 0 Å². The molecule has 3 nitrogen and oxygen atoms in total. The fraction of sp³-hybridized carbons (Fsp3) is 0.636. The third-order valence-electron chi connectivity index (χ3n) is 3.11. The second-order valence-electron chi connectivity index (χ2n) is 4.13. The largest absolute Gasteiger partial charge is 0.481 e. The molecule has 3 heteroatoms. The zero-order chi connectivity index (χ0) is 10.9. The Bertz CT molecular complexity index is 272. The molecule has 0 saturated heterocycles. The monoisotopic (exact) mass is 196 g/mol. The molecule has 78 valence electrons. The van der Waals surface area contributed by atoms with E-state index in [1.54, 1.807) is 0 Å². The summed E-state index contributed by atoms with van der Waals surface area (Å²) in [5, 5.41) is 8.99. The minimum absolute atomic E-state index is 0.00995. The van der Waals surface area contributed by atoms with E-state index in [1.807, 2.05) is 13.8 Å². The van der Waals surface area contributed by atoms with E-state index in [4.69, 9.17) is 5.11 Å². The molecule has 1 N–H and O–H groups in total. The van der Waals surface area contributed by atoms with Crippen molar-refractivity contribution in [2.45, 2.75) is 33.6 Å². The summed E-state index contributed by atoms with van der Waals surface area (Å²) in [6.07, 6.45) is 1.13. The lowest BCUT2D eigenvalue weighted by molar-refractivity contribution is -0.146. The van der Waals surface area contributed by atoms with E-state index in [2.05, 4.69) is 0 Å². The molecule has 0 aromatic heterocycles. The van der Waals surface area contributed by atoms with Gasteiger partial charge in [0.15, 0.2) is 0 Å². The quantitative estimate of drug-likeness (QED) is 0.687. The van der Waals surface area contributed by atoms with Crippen LogP contribution < -0.4 is 0 Å². The van der Waals surface area contributed by atoms with Crippen LogP contribution >= 0.6 is 0 Å². The van der Waals surface area contributed by atoms with Gasteiger partial charge < -0.3 is 5.11 Å². The van der Waals surface area contributed by atoms with Gasteiger partial charge in [0.1, 0.15) is 5.78 Å². The molecule has 0 heterocycles. The smallest absolute Gasteiger partial charge is 0.307 e. The first-order valence-corrected chi connectivity index (χ1v) is 4.82. The molecular formula is C11H16O3. The summed E-state index contributed by atoms with van der Waals surface area (Å²) in [6, 6.07) is 0. The molecule has 0 saturated carbocycles. The summed E-state index contributed by atoms with van der Waals surface area (Å²) in [6.45, 7) is 5.40. The summed E-state index contributed by atoms with van der Waals surface area (Å²) >= 11 is 0. The van der Waals surface area contributed by atoms with Crippen LogP contribution in [0.25, 0.3) is 0 Å². The van der Waals surface area contributed by atoms with Crippen molar-refractivity contribution in [1.82, 2.24) is 0 Å². The van der Waals surface area contributed by atoms with Gasteiger partial charge in [0, 0.05) is 5.92 Å². The number of ketones is 1. The molecule has 2 atom stereocenters. The Kier molecular flexibility index (Phi) is 3.09. The third kappa shape index (κ3) is 2.03. The first-order chi connectivity index (χ1) is 6.43. The van der Waals surface area contributed by atoms with Crippen molar-refractivity contribution < 1.29 is 14.7 Å². The first-order valence-electron chi connectivity index (χ1n) is 4.82. The highest BCUT2D eigenvalue weighted by Crippen LogP contribution is 2.34. The Morgan fingerprint density at radius 3 is 1.93 bits per heavy atom. The van der Waals surface area contributed by atoms with Gasteiger partial charge in [0.2, 0.25) is 0 Å². The zero-order valence-electron chi connectivity index (χ0n) is 8.83. The second-order valence-corrected chi connectivity index (χ2v) is 4.13. The SMILES string of the molecule is CC(=O)C1CC(C)=C(C)CC1C(=O)O. The molecule has 1 aliphatic rings. The van der Waals surface area contributed by atoms with E-state index in [0.29, 0.717) is 12.8 Å². The predicted octanol–water partition coefficient (Wildman–Crippen LogP) is 2.02. The lowest BCUT2D eigenvalue weighted by Crippen LogP contribution is -2.32. The van der Waals surface area contributed by atoms with Crippen molar-refractivity contribution in [3.8, 4) is 0 Å². The number of allylic oxidation sites excluding steroid dienone is 2. The molecule has 0 amide bonds. The molecule has 0 spiro atoms.